The zero-order valence-corrected chi connectivity index (χ0v) is 32.9. The quantitative estimate of drug-likeness (QED) is 0.181. The molecule has 0 aliphatic carbocycles. The number of hydrogen-bond donors (Lipinski definition) is 1. The van der Waals surface area contributed by atoms with E-state index < -0.39 is 0 Å². The van der Waals surface area contributed by atoms with E-state index in [0.29, 0.717) is 0 Å². The van der Waals surface area contributed by atoms with Gasteiger partial charge in [-0.3, -0.25) is 19.5 Å². The molecule has 0 saturated carbocycles. The van der Waals surface area contributed by atoms with E-state index in [1.807, 2.05) is 55.1 Å². The molecule has 0 unspecified atom stereocenters. The van der Waals surface area contributed by atoms with Gasteiger partial charge in [0.2, 0.25) is 0 Å². The van der Waals surface area contributed by atoms with Gasteiger partial charge in [0.05, 0.1) is 56.5 Å². The minimum absolute atomic E-state index is 0. The number of nitrogens with zero attached hydrogens (tertiary/aromatic N) is 7. The maximum Gasteiger partial charge on any atom is 0.137 e. The van der Waals surface area contributed by atoms with E-state index in [2.05, 4.69) is 110 Å². The molecular weight excluding hydrogens is 706 g/mol. The summed E-state index contributed by atoms with van der Waals surface area (Å²) in [5.41, 5.74) is 16.3. The molecule has 2 aliphatic heterocycles. The maximum absolute atomic E-state index is 5.27. The molecule has 0 spiro atoms. The Hall–Kier alpha value is -6.18. The standard InChI is InChI=1S/C44H34N8.Zn/c1-26-11-15-45-36(19-26)41-35-10-9-33(51-35)24-32-6-5-30(49-32)23-31-7-8-34(50-31)25-39-42(37-20-27(2)12-16-46-37)43(38-21-28(3)13-17-47-38)44(41)52(39)40-22-29(4)14-18-48-40;/h5-25,49H,1-4H3;. The third-order valence-electron chi connectivity index (χ3n) is 9.31. The minimum atomic E-state index is 0. The molecule has 9 heteroatoms. The number of aromatic amines is 1. The van der Waals surface area contributed by atoms with Crippen molar-refractivity contribution < 1.29 is 19.5 Å². The second-order valence-electron chi connectivity index (χ2n) is 13.4. The van der Waals surface area contributed by atoms with E-state index >= 15 is 0 Å². The predicted molar refractivity (Wildman–Crippen MR) is 210 cm³/mol. The van der Waals surface area contributed by atoms with Gasteiger partial charge in [0.1, 0.15) is 5.82 Å². The SMILES string of the molecule is Cc1ccnc(-c2c(-c3cc(C)ccn3)c3c(-c4cc(C)ccn4)c4nc(cc5ccc(cc6nc(cc2n3-c2cc(C)ccn2)C=C6)[nH]5)C=C4)c1.[Zn]. The van der Waals surface area contributed by atoms with Crippen LogP contribution in [0.15, 0.2) is 104 Å². The molecule has 0 saturated heterocycles. The second-order valence-corrected chi connectivity index (χ2v) is 13.4. The Balaban J connectivity index is 0.00000400. The van der Waals surface area contributed by atoms with Gasteiger partial charge in [0.25, 0.3) is 0 Å². The average Bonchev–Trinajstić information content (AvgIpc) is 3.93. The molecule has 8 bridgehead atoms. The van der Waals surface area contributed by atoms with Crippen LogP contribution in [0.3, 0.4) is 0 Å². The van der Waals surface area contributed by atoms with Gasteiger partial charge in [-0.15, -0.1) is 0 Å². The smallest absolute Gasteiger partial charge is 0.137 e. The van der Waals surface area contributed by atoms with Crippen LogP contribution in [-0.4, -0.2) is 39.5 Å². The average molecular weight is 740 g/mol. The second kappa shape index (κ2) is 13.8. The van der Waals surface area contributed by atoms with Gasteiger partial charge in [-0.1, -0.05) is 0 Å². The van der Waals surface area contributed by atoms with E-state index in [1.54, 1.807) is 0 Å². The van der Waals surface area contributed by atoms with E-state index in [9.17, 15) is 0 Å². The minimum Gasteiger partial charge on any atom is -0.355 e. The van der Waals surface area contributed by atoms with Gasteiger partial charge in [-0.2, -0.15) is 0 Å². The Kier molecular flexibility index (Phi) is 8.81. The monoisotopic (exact) mass is 738 g/mol. The number of fused-ring (bicyclic) bond motifs is 8. The van der Waals surface area contributed by atoms with Crippen LogP contribution in [0.4, 0.5) is 0 Å². The molecule has 252 valence electrons. The Labute approximate surface area is 319 Å². The van der Waals surface area contributed by atoms with Crippen LogP contribution in [-0.2, 0) is 19.5 Å². The van der Waals surface area contributed by atoms with Crippen molar-refractivity contribution in [1.29, 1.82) is 0 Å². The molecule has 53 heavy (non-hydrogen) atoms. The van der Waals surface area contributed by atoms with E-state index in [0.717, 1.165) is 107 Å². The van der Waals surface area contributed by atoms with Gasteiger partial charge in [-0.25, -0.2) is 15.0 Å². The van der Waals surface area contributed by atoms with Crippen molar-refractivity contribution in [2.75, 3.05) is 0 Å². The van der Waals surface area contributed by atoms with Gasteiger partial charge in [-0.05, 0) is 153 Å². The van der Waals surface area contributed by atoms with Gasteiger partial charge >= 0.3 is 0 Å². The fourth-order valence-corrected chi connectivity index (χ4v) is 6.96. The summed E-state index contributed by atoms with van der Waals surface area (Å²) in [5.74, 6) is 0.745. The number of pyridine rings is 4. The first-order chi connectivity index (χ1) is 25.4. The molecule has 2 aliphatic rings. The first-order valence-corrected chi connectivity index (χ1v) is 17.3. The maximum atomic E-state index is 5.27. The van der Waals surface area contributed by atoms with E-state index in [-0.39, 0.29) is 19.5 Å². The molecule has 0 radical (unpaired) electrons. The van der Waals surface area contributed by atoms with Crippen molar-refractivity contribution in [2.24, 2.45) is 0 Å². The summed E-state index contributed by atoms with van der Waals surface area (Å²) in [6, 6.07) is 26.9. The Bertz CT molecular complexity index is 2810. The molecule has 0 atom stereocenters. The molecule has 1 N–H and O–H groups in total. The van der Waals surface area contributed by atoms with Crippen molar-refractivity contribution in [2.45, 2.75) is 27.7 Å². The molecule has 0 amide bonds. The van der Waals surface area contributed by atoms with Crippen LogP contribution in [0.2, 0.25) is 0 Å². The number of aryl methyl sites for hydroxylation is 4. The molecule has 9 heterocycles. The topological polar surface area (TPSA) is 98.1 Å². The molecule has 7 aromatic rings. The first-order valence-electron chi connectivity index (χ1n) is 17.3. The van der Waals surface area contributed by atoms with Gasteiger partial charge in [0.15, 0.2) is 0 Å². The van der Waals surface area contributed by atoms with Crippen molar-refractivity contribution in [3.05, 3.63) is 149 Å². The summed E-state index contributed by atoms with van der Waals surface area (Å²) < 4.78 is 2.23. The summed E-state index contributed by atoms with van der Waals surface area (Å²) in [6.45, 7) is 8.35. The number of nitrogens with one attached hydrogen (secondary N) is 1. The number of H-pyrrole nitrogens is 1. The van der Waals surface area contributed by atoms with Crippen LogP contribution in [0.25, 0.3) is 86.0 Å². The molecule has 8 nitrogen and oxygen atoms in total. The van der Waals surface area contributed by atoms with Gasteiger partial charge < -0.3 is 4.98 Å². The van der Waals surface area contributed by atoms with Crippen molar-refractivity contribution >= 4 is 46.4 Å². The Morgan fingerprint density at radius 3 is 1.55 bits per heavy atom. The largest absolute Gasteiger partial charge is 0.355 e. The summed E-state index contributed by atoms with van der Waals surface area (Å²) in [6.07, 6.45) is 15.7. The number of aromatic nitrogens is 8. The fourth-order valence-electron chi connectivity index (χ4n) is 6.96. The predicted octanol–water partition coefficient (Wildman–Crippen LogP) is 9.93. The third-order valence-corrected chi connectivity index (χ3v) is 9.31. The number of hydrogen-bond acceptors (Lipinski definition) is 6. The summed E-state index contributed by atoms with van der Waals surface area (Å²) >= 11 is 0. The van der Waals surface area contributed by atoms with Gasteiger partial charge in [0, 0.05) is 66.4 Å². The Morgan fingerprint density at radius 1 is 0.472 bits per heavy atom. The first kappa shape index (κ1) is 33.9. The zero-order valence-electron chi connectivity index (χ0n) is 30.0. The molecule has 0 aromatic carbocycles. The molecule has 7 aromatic heterocycles. The van der Waals surface area contributed by atoms with Crippen molar-refractivity contribution in [3.8, 4) is 39.6 Å². The Morgan fingerprint density at radius 2 is 0.962 bits per heavy atom. The summed E-state index contributed by atoms with van der Waals surface area (Å²) in [7, 11) is 0. The zero-order chi connectivity index (χ0) is 35.3. The van der Waals surface area contributed by atoms with E-state index in [4.69, 9.17) is 29.9 Å². The van der Waals surface area contributed by atoms with Crippen molar-refractivity contribution in [1.82, 2.24) is 39.5 Å². The molecular formula is C44H34N8Zn. The molecule has 0 fully saturated rings. The fraction of sp³-hybridized carbons (Fsp3) is 0.0909. The van der Waals surface area contributed by atoms with Crippen LogP contribution in [0, 0.1) is 27.7 Å². The normalized spacial score (nSPS) is 11.8. The van der Waals surface area contributed by atoms with E-state index in [1.165, 1.54) is 0 Å². The summed E-state index contributed by atoms with van der Waals surface area (Å²) in [5, 5.41) is 0. The van der Waals surface area contributed by atoms with Crippen LogP contribution < -0.4 is 0 Å². The third kappa shape index (κ3) is 6.45. The van der Waals surface area contributed by atoms with Crippen LogP contribution in [0.1, 0.15) is 45.0 Å². The number of rotatable bonds is 4. The van der Waals surface area contributed by atoms with Crippen LogP contribution in [0.5, 0.6) is 0 Å². The van der Waals surface area contributed by atoms with Crippen molar-refractivity contribution in [3.63, 3.8) is 0 Å². The summed E-state index contributed by atoms with van der Waals surface area (Å²) in [4.78, 5) is 34.0. The molecule has 9 rings (SSSR count). The van der Waals surface area contributed by atoms with Crippen LogP contribution >= 0.6 is 0 Å².